The first-order chi connectivity index (χ1) is 14.8. The first-order valence-corrected chi connectivity index (χ1v) is 10.4. The smallest absolute Gasteiger partial charge is 0.289 e. The second kappa shape index (κ2) is 10.6. The summed E-state index contributed by atoms with van der Waals surface area (Å²) in [6.07, 6.45) is 0. The van der Waals surface area contributed by atoms with Gasteiger partial charge in [-0.1, -0.05) is 12.1 Å². The van der Waals surface area contributed by atoms with Gasteiger partial charge in [0.15, 0.2) is 4.90 Å². The van der Waals surface area contributed by atoms with Gasteiger partial charge in [0, 0.05) is 25.8 Å². The minimum Gasteiger partial charge on any atom is -0.497 e. The summed E-state index contributed by atoms with van der Waals surface area (Å²) in [7, 11) is -0.315. The van der Waals surface area contributed by atoms with Crippen LogP contribution in [0.25, 0.3) is 0 Å². The zero-order valence-electron chi connectivity index (χ0n) is 17.2. The van der Waals surface area contributed by atoms with Crippen LogP contribution in [-0.4, -0.2) is 60.3 Å². The number of anilines is 1. The van der Waals surface area contributed by atoms with Crippen molar-refractivity contribution in [2.24, 2.45) is 0 Å². The Bertz CT molecular complexity index is 1040. The molecule has 0 bridgehead atoms. The van der Waals surface area contributed by atoms with Crippen LogP contribution >= 0.6 is 0 Å². The number of nitro benzene ring substituents is 1. The van der Waals surface area contributed by atoms with Crippen LogP contribution in [0.4, 0.5) is 11.4 Å². The van der Waals surface area contributed by atoms with Gasteiger partial charge in [-0.2, -0.15) is 0 Å². The van der Waals surface area contributed by atoms with E-state index in [4.69, 9.17) is 14.2 Å². The van der Waals surface area contributed by atoms with Crippen LogP contribution in [0, 0.1) is 10.1 Å². The molecule has 1 amide bonds. The van der Waals surface area contributed by atoms with Gasteiger partial charge >= 0.3 is 0 Å². The highest BCUT2D eigenvalue weighted by atomic mass is 32.2. The third-order valence-electron chi connectivity index (χ3n) is 4.20. The van der Waals surface area contributed by atoms with Crippen molar-refractivity contribution >= 4 is 27.3 Å². The molecule has 2 rings (SSSR count). The molecule has 0 aliphatic heterocycles. The molecule has 168 valence electrons. The third-order valence-corrected chi connectivity index (χ3v) is 6.01. The maximum atomic E-state index is 13.5. The van der Waals surface area contributed by atoms with Crippen LogP contribution in [0.15, 0.2) is 47.4 Å². The Morgan fingerprint density at radius 1 is 1.13 bits per heavy atom. The van der Waals surface area contributed by atoms with Gasteiger partial charge in [-0.3, -0.25) is 19.2 Å². The van der Waals surface area contributed by atoms with E-state index >= 15 is 0 Å². The summed E-state index contributed by atoms with van der Waals surface area (Å²) < 4.78 is 43.0. The van der Waals surface area contributed by atoms with E-state index in [2.05, 4.69) is 5.32 Å². The monoisotopic (exact) mass is 453 g/mol. The molecule has 0 aromatic heterocycles. The average molecular weight is 453 g/mol. The zero-order chi connectivity index (χ0) is 23.0. The number of hydrogen-bond acceptors (Lipinski definition) is 8. The summed E-state index contributed by atoms with van der Waals surface area (Å²) in [6, 6.07) is 9.23. The van der Waals surface area contributed by atoms with E-state index in [0.29, 0.717) is 5.75 Å². The summed E-state index contributed by atoms with van der Waals surface area (Å²) in [4.78, 5) is 22.5. The molecule has 0 aliphatic rings. The van der Waals surface area contributed by atoms with Gasteiger partial charge < -0.3 is 19.5 Å². The van der Waals surface area contributed by atoms with Crippen molar-refractivity contribution in [3.05, 3.63) is 52.6 Å². The average Bonchev–Trinajstić information content (AvgIpc) is 2.77. The number of para-hydroxylation sites is 1. The SMILES string of the molecule is COCCNC(=O)CN(c1ccc(OC)cc1OC)S(=O)(=O)c1ccccc1[N+](=O)[O-]. The van der Waals surface area contributed by atoms with Crippen molar-refractivity contribution in [1.29, 1.82) is 0 Å². The minimum absolute atomic E-state index is 0.0170. The number of amides is 1. The summed E-state index contributed by atoms with van der Waals surface area (Å²) in [5.41, 5.74) is -0.594. The fourth-order valence-corrected chi connectivity index (χ4v) is 4.31. The van der Waals surface area contributed by atoms with Gasteiger partial charge in [-0.25, -0.2) is 8.42 Å². The Balaban J connectivity index is 2.60. The van der Waals surface area contributed by atoms with Gasteiger partial charge in [0.2, 0.25) is 5.91 Å². The molecule has 2 aromatic carbocycles. The molecule has 0 saturated heterocycles. The highest BCUT2D eigenvalue weighted by Gasteiger charge is 2.34. The van der Waals surface area contributed by atoms with E-state index < -0.39 is 38.0 Å². The topological polar surface area (TPSA) is 137 Å². The number of ether oxygens (including phenoxy) is 3. The van der Waals surface area contributed by atoms with Gasteiger partial charge in [0.05, 0.1) is 31.4 Å². The van der Waals surface area contributed by atoms with E-state index in [-0.39, 0.29) is 24.6 Å². The van der Waals surface area contributed by atoms with Crippen LogP contribution in [0.1, 0.15) is 0 Å². The third kappa shape index (κ3) is 5.61. The molecule has 0 fully saturated rings. The lowest BCUT2D eigenvalue weighted by atomic mass is 10.2. The van der Waals surface area contributed by atoms with Crippen molar-refractivity contribution in [1.82, 2.24) is 5.32 Å². The molecule has 0 radical (unpaired) electrons. The molecule has 0 spiro atoms. The van der Waals surface area contributed by atoms with Crippen molar-refractivity contribution in [2.75, 3.05) is 45.3 Å². The Morgan fingerprint density at radius 2 is 1.84 bits per heavy atom. The number of rotatable bonds is 11. The molecule has 0 heterocycles. The predicted octanol–water partition coefficient (Wildman–Crippen LogP) is 1.57. The van der Waals surface area contributed by atoms with Gasteiger partial charge in [0.1, 0.15) is 18.0 Å². The van der Waals surface area contributed by atoms with E-state index in [1.165, 1.54) is 51.7 Å². The molecule has 11 nitrogen and oxygen atoms in total. The van der Waals surface area contributed by atoms with Crippen LogP contribution in [0.2, 0.25) is 0 Å². The molecule has 0 atom stereocenters. The van der Waals surface area contributed by atoms with E-state index in [1.54, 1.807) is 0 Å². The Morgan fingerprint density at radius 3 is 2.45 bits per heavy atom. The van der Waals surface area contributed by atoms with E-state index in [1.807, 2.05) is 0 Å². The van der Waals surface area contributed by atoms with Crippen LogP contribution < -0.4 is 19.1 Å². The lowest BCUT2D eigenvalue weighted by Crippen LogP contribution is -2.42. The predicted molar refractivity (Wildman–Crippen MR) is 112 cm³/mol. The lowest BCUT2D eigenvalue weighted by molar-refractivity contribution is -0.387. The maximum absolute atomic E-state index is 13.5. The Hall–Kier alpha value is -3.38. The second-order valence-electron chi connectivity index (χ2n) is 6.12. The van der Waals surface area contributed by atoms with Gasteiger partial charge in [0.25, 0.3) is 15.7 Å². The molecule has 1 N–H and O–H groups in total. The number of carbonyl (C=O) groups is 1. The number of nitro groups is 1. The summed E-state index contributed by atoms with van der Waals surface area (Å²) >= 11 is 0. The zero-order valence-corrected chi connectivity index (χ0v) is 18.0. The summed E-state index contributed by atoms with van der Waals surface area (Å²) in [5, 5.41) is 14.0. The van der Waals surface area contributed by atoms with Crippen LogP contribution in [0.5, 0.6) is 11.5 Å². The molecule has 2 aromatic rings. The van der Waals surface area contributed by atoms with Crippen molar-refractivity contribution in [3.8, 4) is 11.5 Å². The largest absolute Gasteiger partial charge is 0.497 e. The van der Waals surface area contributed by atoms with Gasteiger partial charge in [-0.05, 0) is 18.2 Å². The number of carbonyl (C=O) groups excluding carboxylic acids is 1. The fourth-order valence-electron chi connectivity index (χ4n) is 2.71. The van der Waals surface area contributed by atoms with Crippen molar-refractivity contribution < 1.29 is 32.3 Å². The molecule has 12 heteroatoms. The highest BCUT2D eigenvalue weighted by molar-refractivity contribution is 7.93. The minimum atomic E-state index is -4.53. The van der Waals surface area contributed by atoms with Crippen molar-refractivity contribution in [2.45, 2.75) is 4.90 Å². The highest BCUT2D eigenvalue weighted by Crippen LogP contribution is 2.37. The summed E-state index contributed by atoms with van der Waals surface area (Å²) in [6.45, 7) is -0.246. The lowest BCUT2D eigenvalue weighted by Gasteiger charge is -2.25. The second-order valence-corrected chi connectivity index (χ2v) is 7.95. The van der Waals surface area contributed by atoms with E-state index in [0.717, 1.165) is 16.4 Å². The molecule has 0 unspecified atom stereocenters. The number of benzene rings is 2. The summed E-state index contributed by atoms with van der Waals surface area (Å²) in [5.74, 6) is -0.128. The number of nitrogens with one attached hydrogen (secondary N) is 1. The Labute approximate surface area is 179 Å². The van der Waals surface area contributed by atoms with Crippen LogP contribution in [-0.2, 0) is 19.6 Å². The Kier molecular flexibility index (Phi) is 8.16. The molecule has 0 aliphatic carbocycles. The van der Waals surface area contributed by atoms with E-state index in [9.17, 15) is 23.3 Å². The molecular weight excluding hydrogens is 430 g/mol. The number of methoxy groups -OCH3 is 3. The quantitative estimate of drug-likeness (QED) is 0.307. The standard InChI is InChI=1S/C19H23N3O8S/c1-28-11-10-20-19(23)13-21(15-9-8-14(29-2)12-17(15)30-3)31(26,27)18-7-5-4-6-16(18)22(24)25/h4-9,12H,10-11,13H2,1-3H3,(H,20,23). The first kappa shape index (κ1) is 23.9. The number of sulfonamides is 1. The normalized spacial score (nSPS) is 10.9. The molecule has 0 saturated carbocycles. The molecule has 31 heavy (non-hydrogen) atoms. The van der Waals surface area contributed by atoms with Crippen molar-refractivity contribution in [3.63, 3.8) is 0 Å². The maximum Gasteiger partial charge on any atom is 0.289 e. The molecular formula is C19H23N3O8S. The number of hydrogen-bond donors (Lipinski definition) is 1. The number of nitrogens with zero attached hydrogens (tertiary/aromatic N) is 2. The first-order valence-electron chi connectivity index (χ1n) is 9.00. The van der Waals surface area contributed by atoms with Gasteiger partial charge in [-0.15, -0.1) is 0 Å². The van der Waals surface area contributed by atoms with Crippen LogP contribution in [0.3, 0.4) is 0 Å². The fraction of sp³-hybridized carbons (Fsp3) is 0.316.